The number of nitrogens with zero attached hydrogens (tertiary/aromatic N) is 3. The number of nitrogens with one attached hydrogen (secondary N) is 2. The minimum Gasteiger partial charge on any atom is -0.466 e. The summed E-state index contributed by atoms with van der Waals surface area (Å²) in [6.45, 7) is 7.70. The molecule has 1 aliphatic carbocycles. The molecule has 1 aliphatic rings. The Kier molecular flexibility index (Phi) is 4.59. The number of furan rings is 1. The summed E-state index contributed by atoms with van der Waals surface area (Å²) in [5.41, 5.74) is 1.23. The van der Waals surface area contributed by atoms with Crippen LogP contribution in [0.4, 0.5) is 4.79 Å². The number of hydrogen-bond donors (Lipinski definition) is 2. The molecule has 0 saturated carbocycles. The lowest BCUT2D eigenvalue weighted by atomic mass is 9.75. The van der Waals surface area contributed by atoms with E-state index in [9.17, 15) is 4.79 Å². The Bertz CT molecular complexity index is 690. The van der Waals surface area contributed by atoms with Gasteiger partial charge in [-0.1, -0.05) is 13.8 Å². The van der Waals surface area contributed by atoms with Crippen molar-refractivity contribution in [1.29, 1.82) is 0 Å². The van der Waals surface area contributed by atoms with Crippen LogP contribution in [0.1, 0.15) is 49.8 Å². The van der Waals surface area contributed by atoms with E-state index in [2.05, 4.69) is 34.6 Å². The second-order valence-electron chi connectivity index (χ2n) is 7.25. The molecule has 2 N–H and O–H groups in total. The van der Waals surface area contributed by atoms with Crippen molar-refractivity contribution in [3.8, 4) is 0 Å². The first-order valence-corrected chi connectivity index (χ1v) is 8.39. The van der Waals surface area contributed by atoms with Crippen LogP contribution in [0, 0.1) is 12.3 Å². The third-order valence-electron chi connectivity index (χ3n) is 4.36. The molecule has 7 heteroatoms. The first-order chi connectivity index (χ1) is 11.4. The Balaban J connectivity index is 1.52. The summed E-state index contributed by atoms with van der Waals surface area (Å²) in [5.74, 6) is 1.90. The van der Waals surface area contributed by atoms with Gasteiger partial charge in [-0.15, -0.1) is 0 Å². The van der Waals surface area contributed by atoms with E-state index in [1.54, 1.807) is 11.0 Å². The Labute approximate surface area is 141 Å². The average Bonchev–Trinajstić information content (AvgIpc) is 3.11. The first-order valence-electron chi connectivity index (χ1n) is 8.39. The van der Waals surface area contributed by atoms with Gasteiger partial charge < -0.3 is 15.1 Å². The van der Waals surface area contributed by atoms with Crippen molar-refractivity contribution in [2.24, 2.45) is 5.41 Å². The predicted octanol–water partition coefficient (Wildman–Crippen LogP) is 2.58. The molecular formula is C17H25N5O2. The Morgan fingerprint density at radius 3 is 3.08 bits per heavy atom. The molecule has 24 heavy (non-hydrogen) atoms. The van der Waals surface area contributed by atoms with Crippen molar-refractivity contribution in [3.63, 3.8) is 0 Å². The molecule has 0 unspecified atom stereocenters. The maximum Gasteiger partial charge on any atom is 0.315 e. The van der Waals surface area contributed by atoms with Gasteiger partial charge in [-0.05, 0) is 31.2 Å². The predicted molar refractivity (Wildman–Crippen MR) is 89.5 cm³/mol. The van der Waals surface area contributed by atoms with E-state index in [0.29, 0.717) is 6.54 Å². The highest BCUT2D eigenvalue weighted by molar-refractivity contribution is 5.74. The number of aryl methyl sites for hydroxylation is 2. The van der Waals surface area contributed by atoms with Crippen LogP contribution in [0.15, 0.2) is 23.1 Å². The van der Waals surface area contributed by atoms with E-state index in [0.717, 1.165) is 42.9 Å². The van der Waals surface area contributed by atoms with Gasteiger partial charge in [-0.3, -0.25) is 4.68 Å². The number of amides is 2. The van der Waals surface area contributed by atoms with Crippen LogP contribution >= 0.6 is 0 Å². The summed E-state index contributed by atoms with van der Waals surface area (Å²) in [7, 11) is 0. The second kappa shape index (κ2) is 6.67. The summed E-state index contributed by atoms with van der Waals surface area (Å²) in [6.07, 6.45) is 5.81. The molecule has 1 atom stereocenters. The molecule has 130 valence electrons. The summed E-state index contributed by atoms with van der Waals surface area (Å²) < 4.78 is 7.56. The third-order valence-corrected chi connectivity index (χ3v) is 4.36. The van der Waals surface area contributed by atoms with Crippen molar-refractivity contribution in [2.45, 2.75) is 52.6 Å². The smallest absolute Gasteiger partial charge is 0.315 e. The Morgan fingerprint density at radius 2 is 2.33 bits per heavy atom. The van der Waals surface area contributed by atoms with E-state index in [1.165, 1.54) is 6.33 Å². The Morgan fingerprint density at radius 1 is 1.50 bits per heavy atom. The van der Waals surface area contributed by atoms with Gasteiger partial charge in [0.25, 0.3) is 0 Å². The third kappa shape index (κ3) is 3.96. The molecule has 3 rings (SSSR count). The van der Waals surface area contributed by atoms with Gasteiger partial charge in [0, 0.05) is 25.1 Å². The first kappa shape index (κ1) is 16.5. The summed E-state index contributed by atoms with van der Waals surface area (Å²) in [5, 5.41) is 10.0. The van der Waals surface area contributed by atoms with Crippen molar-refractivity contribution in [1.82, 2.24) is 25.4 Å². The Hall–Kier alpha value is -2.31. The molecular weight excluding hydrogens is 306 g/mol. The monoisotopic (exact) mass is 331 g/mol. The fraction of sp³-hybridized carbons (Fsp3) is 0.588. The number of aromatic nitrogens is 3. The number of fused-ring (bicyclic) bond motifs is 1. The van der Waals surface area contributed by atoms with E-state index in [1.807, 2.05) is 13.0 Å². The minimum absolute atomic E-state index is 0.00323. The van der Waals surface area contributed by atoms with Gasteiger partial charge >= 0.3 is 6.03 Å². The highest BCUT2D eigenvalue weighted by Gasteiger charge is 2.35. The van der Waals surface area contributed by atoms with E-state index in [-0.39, 0.29) is 17.5 Å². The van der Waals surface area contributed by atoms with Crippen molar-refractivity contribution in [3.05, 3.63) is 35.8 Å². The molecule has 7 nitrogen and oxygen atoms in total. The average molecular weight is 331 g/mol. The molecule has 0 bridgehead atoms. The van der Waals surface area contributed by atoms with E-state index in [4.69, 9.17) is 4.42 Å². The lowest BCUT2D eigenvalue weighted by molar-refractivity contribution is 0.214. The van der Waals surface area contributed by atoms with Crippen LogP contribution in [0.3, 0.4) is 0 Å². The fourth-order valence-corrected chi connectivity index (χ4v) is 3.31. The van der Waals surface area contributed by atoms with Gasteiger partial charge in [-0.25, -0.2) is 9.78 Å². The maximum atomic E-state index is 12.2. The zero-order valence-electron chi connectivity index (χ0n) is 14.5. The van der Waals surface area contributed by atoms with E-state index < -0.39 is 0 Å². The molecule has 2 heterocycles. The minimum atomic E-state index is -0.138. The zero-order chi connectivity index (χ0) is 17.2. The molecule has 0 radical (unpaired) electrons. The summed E-state index contributed by atoms with van der Waals surface area (Å²) in [6, 6.07) is 1.90. The molecule has 0 saturated heterocycles. The molecule has 2 amide bonds. The van der Waals surface area contributed by atoms with Crippen molar-refractivity contribution >= 4 is 6.03 Å². The van der Waals surface area contributed by atoms with Crippen LogP contribution in [-0.2, 0) is 13.0 Å². The number of carbonyl (C=O) groups is 1. The standard InChI is InChI=1S/C17H25N5O2/c1-12-7-13-14(8-17(2,3)9-15(13)24-12)21-16(23)19-5-4-6-22-11-18-10-20-22/h7,10-11,14H,4-6,8-9H2,1-3H3,(H2,19,21,23)/t14-/m1/s1. The van der Waals surface area contributed by atoms with Gasteiger partial charge in [0.1, 0.15) is 24.2 Å². The number of hydrogen-bond acceptors (Lipinski definition) is 4. The van der Waals surface area contributed by atoms with Crippen LogP contribution in [-0.4, -0.2) is 27.3 Å². The maximum absolute atomic E-state index is 12.2. The topological polar surface area (TPSA) is 85.0 Å². The highest BCUT2D eigenvalue weighted by Crippen LogP contribution is 2.41. The zero-order valence-corrected chi connectivity index (χ0v) is 14.5. The quantitative estimate of drug-likeness (QED) is 0.825. The lowest BCUT2D eigenvalue weighted by Crippen LogP contribution is -2.41. The second-order valence-corrected chi connectivity index (χ2v) is 7.25. The SMILES string of the molecule is Cc1cc2c(o1)CC(C)(C)C[C@H]2NC(=O)NCCCn1cncn1. The van der Waals surface area contributed by atoms with Crippen LogP contribution in [0.5, 0.6) is 0 Å². The normalized spacial score (nSPS) is 18.9. The lowest BCUT2D eigenvalue weighted by Gasteiger charge is -2.34. The molecule has 0 spiro atoms. The summed E-state index contributed by atoms with van der Waals surface area (Å²) in [4.78, 5) is 16.1. The van der Waals surface area contributed by atoms with Crippen molar-refractivity contribution < 1.29 is 9.21 Å². The molecule has 0 fully saturated rings. The summed E-state index contributed by atoms with van der Waals surface area (Å²) >= 11 is 0. The highest BCUT2D eigenvalue weighted by atomic mass is 16.3. The largest absolute Gasteiger partial charge is 0.466 e. The molecule has 2 aromatic heterocycles. The molecule has 0 aliphatic heterocycles. The van der Waals surface area contributed by atoms with Gasteiger partial charge in [0.2, 0.25) is 0 Å². The van der Waals surface area contributed by atoms with Gasteiger partial charge in [0.05, 0.1) is 6.04 Å². The molecule has 2 aromatic rings. The molecule has 0 aromatic carbocycles. The number of urea groups is 1. The van der Waals surface area contributed by atoms with Gasteiger partial charge in [0.15, 0.2) is 0 Å². The van der Waals surface area contributed by atoms with Crippen molar-refractivity contribution in [2.75, 3.05) is 6.54 Å². The number of rotatable bonds is 5. The van der Waals surface area contributed by atoms with Crippen LogP contribution in [0.25, 0.3) is 0 Å². The van der Waals surface area contributed by atoms with Gasteiger partial charge in [-0.2, -0.15) is 5.10 Å². The number of carbonyl (C=O) groups excluding carboxylic acids is 1. The van der Waals surface area contributed by atoms with Crippen LogP contribution in [0.2, 0.25) is 0 Å². The fourth-order valence-electron chi connectivity index (χ4n) is 3.31. The van der Waals surface area contributed by atoms with Crippen LogP contribution < -0.4 is 10.6 Å². The van der Waals surface area contributed by atoms with E-state index >= 15 is 0 Å².